The average Bonchev–Trinajstić information content (AvgIpc) is 3.20. The molecule has 27 heavy (non-hydrogen) atoms. The number of aliphatic hydroxyl groups is 1. The first-order chi connectivity index (χ1) is 12.8. The van der Waals surface area contributed by atoms with Crippen LogP contribution in [0.1, 0.15) is 15.9 Å². The first-order valence-electron chi connectivity index (χ1n) is 8.07. The van der Waals surface area contributed by atoms with Crippen LogP contribution in [0.25, 0.3) is 11.1 Å². The molecule has 7 heteroatoms. The quantitative estimate of drug-likeness (QED) is 0.668. The van der Waals surface area contributed by atoms with E-state index >= 15 is 0 Å². The largest absolute Gasteiger partial charge is 0.423 e. The predicted molar refractivity (Wildman–Crippen MR) is 98.5 cm³/mol. The Balaban J connectivity index is 1.75. The van der Waals surface area contributed by atoms with Crippen molar-refractivity contribution in [3.63, 3.8) is 0 Å². The number of halogens is 3. The fourth-order valence-corrected chi connectivity index (χ4v) is 3.30. The van der Waals surface area contributed by atoms with Crippen LogP contribution in [0.15, 0.2) is 71.4 Å². The Labute approximate surface area is 158 Å². The van der Waals surface area contributed by atoms with Gasteiger partial charge in [-0.2, -0.15) is 24.5 Å². The number of hydrogen-bond donors (Lipinski definition) is 2. The van der Waals surface area contributed by atoms with Gasteiger partial charge in [-0.05, 0) is 45.6 Å². The van der Waals surface area contributed by atoms with E-state index in [-0.39, 0.29) is 11.1 Å². The number of amides is 1. The normalized spacial score (nSPS) is 13.8. The number of thiophene rings is 1. The van der Waals surface area contributed by atoms with Crippen molar-refractivity contribution >= 4 is 17.2 Å². The van der Waals surface area contributed by atoms with Gasteiger partial charge >= 0.3 is 6.18 Å². The van der Waals surface area contributed by atoms with Gasteiger partial charge in [0.2, 0.25) is 5.60 Å². The van der Waals surface area contributed by atoms with Gasteiger partial charge < -0.3 is 10.4 Å². The lowest BCUT2D eigenvalue weighted by atomic mass is 9.93. The van der Waals surface area contributed by atoms with Crippen LogP contribution >= 0.6 is 11.3 Å². The minimum absolute atomic E-state index is 0.214. The fourth-order valence-electron chi connectivity index (χ4n) is 2.63. The third-order valence-electron chi connectivity index (χ3n) is 4.23. The second-order valence-corrected chi connectivity index (χ2v) is 6.78. The molecule has 0 radical (unpaired) electrons. The maximum atomic E-state index is 13.5. The minimum Gasteiger partial charge on any atom is -0.375 e. The zero-order valence-corrected chi connectivity index (χ0v) is 14.8. The van der Waals surface area contributed by atoms with E-state index < -0.39 is 24.2 Å². The number of benzene rings is 2. The molecule has 0 saturated carbocycles. The summed E-state index contributed by atoms with van der Waals surface area (Å²) in [6.45, 7) is -0.981. The molecule has 140 valence electrons. The zero-order valence-electron chi connectivity index (χ0n) is 14.0. The number of carbonyl (C=O) groups is 1. The van der Waals surface area contributed by atoms with Crippen molar-refractivity contribution in [2.75, 3.05) is 6.54 Å². The summed E-state index contributed by atoms with van der Waals surface area (Å²) in [6, 6.07) is 15.2. The van der Waals surface area contributed by atoms with Gasteiger partial charge in [-0.25, -0.2) is 0 Å². The first-order valence-corrected chi connectivity index (χ1v) is 9.01. The number of hydrogen-bond acceptors (Lipinski definition) is 3. The van der Waals surface area contributed by atoms with Crippen molar-refractivity contribution in [1.29, 1.82) is 0 Å². The predicted octanol–water partition coefficient (Wildman–Crippen LogP) is 4.60. The molecule has 3 rings (SSSR count). The van der Waals surface area contributed by atoms with E-state index in [0.29, 0.717) is 0 Å². The summed E-state index contributed by atoms with van der Waals surface area (Å²) in [6.07, 6.45) is -4.94. The monoisotopic (exact) mass is 391 g/mol. The second kappa shape index (κ2) is 7.54. The maximum Gasteiger partial charge on any atom is 0.423 e. The van der Waals surface area contributed by atoms with Crippen LogP contribution in [0.4, 0.5) is 13.2 Å². The van der Waals surface area contributed by atoms with Gasteiger partial charge in [0.25, 0.3) is 5.91 Å². The van der Waals surface area contributed by atoms with Crippen LogP contribution in [-0.4, -0.2) is 23.7 Å². The van der Waals surface area contributed by atoms with Crippen molar-refractivity contribution in [3.8, 4) is 11.1 Å². The van der Waals surface area contributed by atoms with Gasteiger partial charge in [0.1, 0.15) is 0 Å². The molecule has 3 nitrogen and oxygen atoms in total. The average molecular weight is 391 g/mol. The lowest BCUT2D eigenvalue weighted by molar-refractivity contribution is -0.263. The molecule has 0 fully saturated rings. The van der Waals surface area contributed by atoms with Crippen LogP contribution in [0, 0.1) is 0 Å². The summed E-state index contributed by atoms with van der Waals surface area (Å²) in [5.41, 5.74) is -1.37. The van der Waals surface area contributed by atoms with E-state index in [2.05, 4.69) is 5.32 Å². The Kier molecular flexibility index (Phi) is 5.34. The Hall–Kier alpha value is -2.64. The van der Waals surface area contributed by atoms with Crippen LogP contribution in [0.2, 0.25) is 0 Å². The van der Waals surface area contributed by atoms with E-state index in [0.717, 1.165) is 11.1 Å². The Morgan fingerprint density at radius 3 is 2.19 bits per heavy atom. The summed E-state index contributed by atoms with van der Waals surface area (Å²) < 4.78 is 40.4. The molecule has 1 atom stereocenters. The molecule has 1 amide bonds. The minimum atomic E-state index is -4.94. The molecule has 0 aliphatic carbocycles. The van der Waals surface area contributed by atoms with E-state index in [4.69, 9.17) is 0 Å². The second-order valence-electron chi connectivity index (χ2n) is 6.00. The molecule has 2 N–H and O–H groups in total. The summed E-state index contributed by atoms with van der Waals surface area (Å²) in [5.74, 6) is -0.689. The lowest BCUT2D eigenvalue weighted by Gasteiger charge is -2.31. The molecule has 1 heterocycles. The molecule has 0 spiro atoms. The van der Waals surface area contributed by atoms with Gasteiger partial charge in [-0.15, -0.1) is 0 Å². The lowest BCUT2D eigenvalue weighted by Crippen LogP contribution is -2.51. The molecule has 2 aromatic carbocycles. The molecule has 0 aliphatic rings. The smallest absolute Gasteiger partial charge is 0.375 e. The number of nitrogens with one attached hydrogen (secondary N) is 1. The third-order valence-corrected chi connectivity index (χ3v) is 4.91. The van der Waals surface area contributed by atoms with Crippen molar-refractivity contribution in [1.82, 2.24) is 5.32 Å². The van der Waals surface area contributed by atoms with Crippen molar-refractivity contribution < 1.29 is 23.1 Å². The first kappa shape index (κ1) is 19.1. The van der Waals surface area contributed by atoms with E-state index in [9.17, 15) is 23.1 Å². The third kappa shape index (κ3) is 4.04. The van der Waals surface area contributed by atoms with E-state index in [1.54, 1.807) is 29.5 Å². The fraction of sp³-hybridized carbons (Fsp3) is 0.150. The molecular weight excluding hydrogens is 375 g/mol. The molecular formula is C20H16F3NO2S. The van der Waals surface area contributed by atoms with Crippen molar-refractivity contribution in [3.05, 3.63) is 82.6 Å². The van der Waals surface area contributed by atoms with Gasteiger partial charge in [0, 0.05) is 5.56 Å². The highest BCUT2D eigenvalue weighted by atomic mass is 32.1. The standard InChI is InChI=1S/C20H16F3NO2S/c21-20(22,23)19(26,17-4-2-1-3-5-17)13-24-18(25)15-8-6-14(7-9-15)16-10-11-27-12-16/h1-12,26H,13H2,(H,24,25)/t19-/m1/s1. The van der Waals surface area contributed by atoms with Gasteiger partial charge in [0.15, 0.2) is 0 Å². The van der Waals surface area contributed by atoms with E-state index in [1.807, 2.05) is 16.8 Å². The van der Waals surface area contributed by atoms with Gasteiger partial charge in [0.05, 0.1) is 6.54 Å². The molecule has 0 unspecified atom stereocenters. The topological polar surface area (TPSA) is 49.3 Å². The van der Waals surface area contributed by atoms with E-state index in [1.165, 1.54) is 36.4 Å². The summed E-state index contributed by atoms with van der Waals surface area (Å²) in [7, 11) is 0. The molecule has 0 bridgehead atoms. The molecule has 3 aromatic rings. The van der Waals surface area contributed by atoms with Crippen molar-refractivity contribution in [2.45, 2.75) is 11.8 Å². The SMILES string of the molecule is O=C(NC[C@@](O)(c1ccccc1)C(F)(F)F)c1ccc(-c2ccsc2)cc1. The Bertz CT molecular complexity index is 893. The number of carbonyl (C=O) groups excluding carboxylic acids is 1. The summed E-state index contributed by atoms with van der Waals surface area (Å²) in [5, 5.41) is 16.3. The Morgan fingerprint density at radius 2 is 1.63 bits per heavy atom. The van der Waals surface area contributed by atoms with Gasteiger partial charge in [-0.3, -0.25) is 4.79 Å². The number of alkyl halides is 3. The molecule has 0 saturated heterocycles. The summed E-state index contributed by atoms with van der Waals surface area (Å²) in [4.78, 5) is 12.3. The zero-order chi connectivity index (χ0) is 19.5. The maximum absolute atomic E-state index is 13.5. The van der Waals surface area contributed by atoms with Gasteiger partial charge in [-0.1, -0.05) is 42.5 Å². The highest BCUT2D eigenvalue weighted by Crippen LogP contribution is 2.38. The van der Waals surface area contributed by atoms with Crippen LogP contribution < -0.4 is 5.32 Å². The van der Waals surface area contributed by atoms with Crippen LogP contribution in [0.5, 0.6) is 0 Å². The summed E-state index contributed by atoms with van der Waals surface area (Å²) >= 11 is 1.54. The Morgan fingerprint density at radius 1 is 0.963 bits per heavy atom. The molecule has 0 aliphatic heterocycles. The van der Waals surface area contributed by atoms with Crippen LogP contribution in [0.3, 0.4) is 0 Å². The highest BCUT2D eigenvalue weighted by molar-refractivity contribution is 7.08. The molecule has 1 aromatic heterocycles. The number of rotatable bonds is 5. The van der Waals surface area contributed by atoms with Crippen molar-refractivity contribution in [2.24, 2.45) is 0 Å². The highest BCUT2D eigenvalue weighted by Gasteiger charge is 2.55. The van der Waals surface area contributed by atoms with Crippen LogP contribution in [-0.2, 0) is 5.60 Å².